The second kappa shape index (κ2) is 6.86. The smallest absolute Gasteiger partial charge is 0.311 e. The summed E-state index contributed by atoms with van der Waals surface area (Å²) in [6.07, 6.45) is 2.77. The van der Waals surface area contributed by atoms with E-state index in [4.69, 9.17) is 4.74 Å². The van der Waals surface area contributed by atoms with E-state index < -0.39 is 11.8 Å². The summed E-state index contributed by atoms with van der Waals surface area (Å²) in [6, 6.07) is 0.0955. The van der Waals surface area contributed by atoms with Crippen molar-refractivity contribution < 1.29 is 14.3 Å². The highest BCUT2D eigenvalue weighted by atomic mass is 16.5. The first-order valence-electron chi connectivity index (χ1n) is 7.12. The fourth-order valence-corrected chi connectivity index (χ4v) is 2.49. The maximum absolute atomic E-state index is 12.0. The third kappa shape index (κ3) is 3.91. The Morgan fingerprint density at radius 3 is 2.84 bits per heavy atom. The monoisotopic (exact) mass is 269 g/mol. The van der Waals surface area contributed by atoms with Crippen LogP contribution in [0.15, 0.2) is 0 Å². The van der Waals surface area contributed by atoms with Crippen molar-refractivity contribution >= 4 is 11.8 Å². The number of ether oxygens (including phenoxy) is 1. The van der Waals surface area contributed by atoms with Crippen molar-refractivity contribution in [1.82, 2.24) is 15.5 Å². The lowest BCUT2D eigenvalue weighted by Crippen LogP contribution is -2.52. The van der Waals surface area contributed by atoms with E-state index in [1.807, 2.05) is 6.92 Å². The third-order valence-corrected chi connectivity index (χ3v) is 3.65. The highest BCUT2D eigenvalue weighted by Crippen LogP contribution is 2.23. The highest BCUT2D eigenvalue weighted by Gasteiger charge is 2.33. The van der Waals surface area contributed by atoms with Crippen molar-refractivity contribution in [3.8, 4) is 0 Å². The molecule has 1 saturated carbocycles. The topological polar surface area (TPSA) is 70.7 Å². The molecule has 0 aromatic rings. The first kappa shape index (κ1) is 14.3. The first-order valence-corrected chi connectivity index (χ1v) is 7.12. The lowest BCUT2D eigenvalue weighted by Gasteiger charge is -2.35. The molecule has 0 aromatic carbocycles. The Morgan fingerprint density at radius 1 is 1.32 bits per heavy atom. The Hall–Kier alpha value is -1.14. The van der Waals surface area contributed by atoms with Gasteiger partial charge in [0.05, 0.1) is 6.10 Å². The minimum atomic E-state index is -0.471. The largest absolute Gasteiger partial charge is 0.378 e. The molecule has 0 spiro atoms. The molecule has 1 heterocycles. The van der Waals surface area contributed by atoms with Crippen LogP contribution in [0.3, 0.4) is 0 Å². The SMILES string of the molecule is CCOC1CC(NC(=O)C(=O)N2CCCNCC2)C1. The number of carbonyl (C=O) groups excluding carboxylic acids is 2. The van der Waals surface area contributed by atoms with Crippen LogP contribution in [0.1, 0.15) is 26.2 Å². The maximum atomic E-state index is 12.0. The molecule has 2 aliphatic rings. The molecule has 2 amide bonds. The molecule has 2 rings (SSSR count). The van der Waals surface area contributed by atoms with Crippen molar-refractivity contribution in [2.24, 2.45) is 0 Å². The number of nitrogens with one attached hydrogen (secondary N) is 2. The van der Waals surface area contributed by atoms with Gasteiger partial charge in [-0.2, -0.15) is 0 Å². The summed E-state index contributed by atoms with van der Waals surface area (Å²) in [7, 11) is 0. The molecule has 1 saturated heterocycles. The molecule has 108 valence electrons. The number of hydrogen-bond acceptors (Lipinski definition) is 4. The summed E-state index contributed by atoms with van der Waals surface area (Å²) in [5, 5.41) is 6.00. The van der Waals surface area contributed by atoms with Crippen LogP contribution in [0.2, 0.25) is 0 Å². The van der Waals surface area contributed by atoms with Crippen LogP contribution in [-0.4, -0.2) is 61.6 Å². The molecule has 1 aliphatic heterocycles. The molecular weight excluding hydrogens is 246 g/mol. The van der Waals surface area contributed by atoms with E-state index in [1.54, 1.807) is 4.90 Å². The van der Waals surface area contributed by atoms with Crippen LogP contribution in [-0.2, 0) is 14.3 Å². The minimum Gasteiger partial charge on any atom is -0.378 e. The summed E-state index contributed by atoms with van der Waals surface area (Å²) in [5.41, 5.74) is 0. The molecule has 0 atom stereocenters. The number of hydrogen-bond donors (Lipinski definition) is 2. The van der Waals surface area contributed by atoms with Gasteiger partial charge in [0.15, 0.2) is 0 Å². The molecule has 0 radical (unpaired) electrons. The van der Waals surface area contributed by atoms with E-state index >= 15 is 0 Å². The maximum Gasteiger partial charge on any atom is 0.311 e. The summed E-state index contributed by atoms with van der Waals surface area (Å²) >= 11 is 0. The second-order valence-electron chi connectivity index (χ2n) is 5.11. The third-order valence-electron chi connectivity index (χ3n) is 3.65. The van der Waals surface area contributed by atoms with E-state index in [9.17, 15) is 9.59 Å². The number of carbonyl (C=O) groups is 2. The van der Waals surface area contributed by atoms with Gasteiger partial charge in [0.2, 0.25) is 0 Å². The minimum absolute atomic E-state index is 0.0955. The lowest BCUT2D eigenvalue weighted by molar-refractivity contribution is -0.147. The summed E-state index contributed by atoms with van der Waals surface area (Å²) < 4.78 is 5.43. The lowest BCUT2D eigenvalue weighted by atomic mass is 9.89. The van der Waals surface area contributed by atoms with Crippen molar-refractivity contribution in [3.05, 3.63) is 0 Å². The van der Waals surface area contributed by atoms with E-state index in [0.717, 1.165) is 32.4 Å². The van der Waals surface area contributed by atoms with Crippen molar-refractivity contribution in [3.63, 3.8) is 0 Å². The quantitative estimate of drug-likeness (QED) is 0.677. The van der Waals surface area contributed by atoms with E-state index in [2.05, 4.69) is 10.6 Å². The predicted octanol–water partition coefficient (Wildman–Crippen LogP) is -0.508. The van der Waals surface area contributed by atoms with Gasteiger partial charge in [-0.3, -0.25) is 9.59 Å². The van der Waals surface area contributed by atoms with Gasteiger partial charge in [0.25, 0.3) is 0 Å². The number of nitrogens with zero attached hydrogens (tertiary/aromatic N) is 1. The van der Waals surface area contributed by atoms with E-state index in [-0.39, 0.29) is 12.1 Å². The zero-order chi connectivity index (χ0) is 13.7. The Morgan fingerprint density at radius 2 is 2.11 bits per heavy atom. The van der Waals surface area contributed by atoms with Crippen LogP contribution < -0.4 is 10.6 Å². The fraction of sp³-hybridized carbons (Fsp3) is 0.846. The van der Waals surface area contributed by atoms with Gasteiger partial charge in [-0.05, 0) is 32.7 Å². The zero-order valence-corrected chi connectivity index (χ0v) is 11.5. The van der Waals surface area contributed by atoms with Gasteiger partial charge in [0.1, 0.15) is 0 Å². The first-order chi connectivity index (χ1) is 9.20. The van der Waals surface area contributed by atoms with Crippen LogP contribution in [0.25, 0.3) is 0 Å². The summed E-state index contributed by atoms with van der Waals surface area (Å²) in [4.78, 5) is 25.5. The molecule has 1 aliphatic carbocycles. The van der Waals surface area contributed by atoms with Crippen LogP contribution in [0.4, 0.5) is 0 Å². The Labute approximate surface area is 113 Å². The van der Waals surface area contributed by atoms with Gasteiger partial charge < -0.3 is 20.3 Å². The Bertz CT molecular complexity index is 321. The number of amides is 2. The predicted molar refractivity (Wildman–Crippen MR) is 70.6 cm³/mol. The van der Waals surface area contributed by atoms with Gasteiger partial charge >= 0.3 is 11.8 Å². The van der Waals surface area contributed by atoms with Crippen LogP contribution in [0.5, 0.6) is 0 Å². The second-order valence-corrected chi connectivity index (χ2v) is 5.11. The zero-order valence-electron chi connectivity index (χ0n) is 11.5. The Balaban J connectivity index is 1.72. The van der Waals surface area contributed by atoms with Crippen LogP contribution in [0, 0.1) is 0 Å². The summed E-state index contributed by atoms with van der Waals surface area (Å²) in [5.74, 6) is -0.870. The van der Waals surface area contributed by atoms with Gasteiger partial charge in [0, 0.05) is 32.3 Å². The van der Waals surface area contributed by atoms with Crippen LogP contribution >= 0.6 is 0 Å². The molecular formula is C13H23N3O3. The molecule has 19 heavy (non-hydrogen) atoms. The molecule has 2 fully saturated rings. The highest BCUT2D eigenvalue weighted by molar-refractivity contribution is 6.35. The average Bonchev–Trinajstić information content (AvgIpc) is 2.64. The molecule has 6 heteroatoms. The van der Waals surface area contributed by atoms with Gasteiger partial charge in [-0.15, -0.1) is 0 Å². The summed E-state index contributed by atoms with van der Waals surface area (Å²) in [6.45, 7) is 5.59. The Kier molecular flexibility index (Phi) is 5.15. The molecule has 6 nitrogen and oxygen atoms in total. The van der Waals surface area contributed by atoms with Gasteiger partial charge in [-0.1, -0.05) is 0 Å². The van der Waals surface area contributed by atoms with Crippen molar-refractivity contribution in [2.75, 3.05) is 32.8 Å². The average molecular weight is 269 g/mol. The molecule has 0 unspecified atom stereocenters. The molecule has 2 N–H and O–H groups in total. The van der Waals surface area contributed by atoms with Crippen molar-refractivity contribution in [2.45, 2.75) is 38.3 Å². The van der Waals surface area contributed by atoms with Crippen molar-refractivity contribution in [1.29, 1.82) is 0 Å². The van der Waals surface area contributed by atoms with E-state index in [0.29, 0.717) is 19.7 Å². The number of rotatable bonds is 3. The standard InChI is InChI=1S/C13H23N3O3/c1-2-19-11-8-10(9-11)15-12(17)13(18)16-6-3-4-14-5-7-16/h10-11,14H,2-9H2,1H3,(H,15,17). The normalized spacial score (nSPS) is 27.3. The van der Waals surface area contributed by atoms with Gasteiger partial charge in [-0.25, -0.2) is 0 Å². The molecule has 0 aromatic heterocycles. The molecule has 0 bridgehead atoms. The fourth-order valence-electron chi connectivity index (χ4n) is 2.49. The van der Waals surface area contributed by atoms with E-state index in [1.165, 1.54) is 0 Å².